The van der Waals surface area contributed by atoms with Gasteiger partial charge in [-0.3, -0.25) is 4.57 Å². The second-order valence-corrected chi connectivity index (χ2v) is 5.28. The summed E-state index contributed by atoms with van der Waals surface area (Å²) in [5.74, 6) is 0.317. The molecule has 0 spiro atoms. The van der Waals surface area contributed by atoms with E-state index in [9.17, 15) is 5.26 Å². The maximum Gasteiger partial charge on any atom is 0.196 e. The number of nitrogens with two attached hydrogens (primary N) is 1. The Bertz CT molecular complexity index is 1010. The number of fused-ring (bicyclic) bond motifs is 2. The lowest BCUT2D eigenvalue weighted by atomic mass is 10.2. The standard InChI is InChI=1S/C14H8N6S/c15-7-8-11-13(19-10-4-2-1-3-9(10)18-11)20(12(8)16)14-17-5-6-21-14/h1-6H,16H2. The number of thiazole rings is 1. The summed E-state index contributed by atoms with van der Waals surface area (Å²) in [5, 5.41) is 11.9. The topological polar surface area (TPSA) is 93.4 Å². The second kappa shape index (κ2) is 4.26. The molecule has 0 aliphatic rings. The summed E-state index contributed by atoms with van der Waals surface area (Å²) in [6.45, 7) is 0. The lowest BCUT2D eigenvalue weighted by Crippen LogP contribution is -2.01. The molecule has 0 amide bonds. The van der Waals surface area contributed by atoms with E-state index < -0.39 is 0 Å². The maximum absolute atomic E-state index is 9.37. The van der Waals surface area contributed by atoms with Crippen molar-refractivity contribution in [3.63, 3.8) is 0 Å². The first kappa shape index (κ1) is 11.8. The van der Waals surface area contributed by atoms with Crippen molar-refractivity contribution in [2.75, 3.05) is 5.73 Å². The molecule has 3 aromatic heterocycles. The average molecular weight is 292 g/mol. The lowest BCUT2D eigenvalue weighted by molar-refractivity contribution is 1.08. The molecule has 0 aliphatic heterocycles. The highest BCUT2D eigenvalue weighted by molar-refractivity contribution is 7.12. The SMILES string of the molecule is N#Cc1c(N)n(-c2nccs2)c2nc3ccccc3nc12. The number of hydrogen-bond donors (Lipinski definition) is 1. The number of nitrogens with zero attached hydrogens (tertiary/aromatic N) is 5. The van der Waals surface area contributed by atoms with Crippen molar-refractivity contribution in [1.82, 2.24) is 19.5 Å². The van der Waals surface area contributed by atoms with Crippen LogP contribution >= 0.6 is 11.3 Å². The third-order valence-corrected chi connectivity index (χ3v) is 3.98. The highest BCUT2D eigenvalue weighted by Gasteiger charge is 2.20. The third kappa shape index (κ3) is 1.60. The zero-order valence-corrected chi connectivity index (χ0v) is 11.5. The first-order valence-electron chi connectivity index (χ1n) is 6.16. The number of anilines is 1. The molecule has 0 unspecified atom stereocenters. The van der Waals surface area contributed by atoms with Crippen LogP contribution in [-0.2, 0) is 0 Å². The van der Waals surface area contributed by atoms with Crippen molar-refractivity contribution in [1.29, 1.82) is 5.26 Å². The molecule has 0 fully saturated rings. The molecule has 0 radical (unpaired) electrons. The smallest absolute Gasteiger partial charge is 0.196 e. The molecule has 0 atom stereocenters. The molecule has 100 valence electrons. The monoisotopic (exact) mass is 292 g/mol. The van der Waals surface area contributed by atoms with Crippen LogP contribution in [0.2, 0.25) is 0 Å². The molecular formula is C14H8N6S. The molecule has 7 heteroatoms. The average Bonchev–Trinajstić information content (AvgIpc) is 3.10. The molecular weight excluding hydrogens is 284 g/mol. The number of para-hydroxylation sites is 2. The quantitative estimate of drug-likeness (QED) is 0.581. The first-order valence-corrected chi connectivity index (χ1v) is 7.04. The van der Waals surface area contributed by atoms with Gasteiger partial charge in [0, 0.05) is 11.6 Å². The second-order valence-electron chi connectivity index (χ2n) is 4.41. The molecule has 6 nitrogen and oxygen atoms in total. The molecule has 0 saturated heterocycles. The van der Waals surface area contributed by atoms with E-state index in [0.717, 1.165) is 11.0 Å². The van der Waals surface area contributed by atoms with Gasteiger partial charge in [0.25, 0.3) is 0 Å². The van der Waals surface area contributed by atoms with Crippen molar-refractivity contribution in [2.24, 2.45) is 0 Å². The van der Waals surface area contributed by atoms with Gasteiger partial charge in [0.1, 0.15) is 23.0 Å². The number of nitriles is 1. The Hall–Kier alpha value is -2.98. The van der Waals surface area contributed by atoms with E-state index in [-0.39, 0.29) is 0 Å². The number of benzene rings is 1. The van der Waals surface area contributed by atoms with Crippen molar-refractivity contribution in [2.45, 2.75) is 0 Å². The lowest BCUT2D eigenvalue weighted by Gasteiger charge is -2.02. The van der Waals surface area contributed by atoms with Crippen molar-refractivity contribution in [3.8, 4) is 11.2 Å². The van der Waals surface area contributed by atoms with Crippen molar-refractivity contribution in [3.05, 3.63) is 41.4 Å². The van der Waals surface area contributed by atoms with Crippen LogP contribution < -0.4 is 5.73 Å². The van der Waals surface area contributed by atoms with Gasteiger partial charge in [0.2, 0.25) is 0 Å². The molecule has 0 saturated carbocycles. The van der Waals surface area contributed by atoms with Gasteiger partial charge in [-0.25, -0.2) is 15.0 Å². The maximum atomic E-state index is 9.37. The van der Waals surface area contributed by atoms with E-state index in [1.54, 1.807) is 10.8 Å². The van der Waals surface area contributed by atoms with Crippen LogP contribution in [0.15, 0.2) is 35.8 Å². The summed E-state index contributed by atoms with van der Waals surface area (Å²) < 4.78 is 1.68. The molecule has 3 heterocycles. The summed E-state index contributed by atoms with van der Waals surface area (Å²) in [4.78, 5) is 13.4. The van der Waals surface area contributed by atoms with Crippen molar-refractivity contribution >= 4 is 39.4 Å². The number of rotatable bonds is 1. The van der Waals surface area contributed by atoms with Crippen LogP contribution in [0.1, 0.15) is 5.56 Å². The van der Waals surface area contributed by atoms with Gasteiger partial charge >= 0.3 is 0 Å². The molecule has 0 aliphatic carbocycles. The van der Waals surface area contributed by atoms with E-state index in [0.29, 0.717) is 27.7 Å². The third-order valence-electron chi connectivity index (χ3n) is 3.22. The molecule has 0 bridgehead atoms. The Morgan fingerprint density at radius 1 is 1.19 bits per heavy atom. The van der Waals surface area contributed by atoms with Gasteiger partial charge < -0.3 is 5.73 Å². The van der Waals surface area contributed by atoms with Gasteiger partial charge in [-0.2, -0.15) is 5.26 Å². The normalized spacial score (nSPS) is 11.0. The Morgan fingerprint density at radius 3 is 2.62 bits per heavy atom. The van der Waals surface area contributed by atoms with Crippen LogP contribution in [0, 0.1) is 11.3 Å². The highest BCUT2D eigenvalue weighted by atomic mass is 32.1. The summed E-state index contributed by atoms with van der Waals surface area (Å²) in [6.07, 6.45) is 1.69. The summed E-state index contributed by atoms with van der Waals surface area (Å²) in [5.41, 5.74) is 8.99. The Labute approximate surface area is 123 Å². The molecule has 4 aromatic rings. The minimum Gasteiger partial charge on any atom is -0.384 e. The summed E-state index contributed by atoms with van der Waals surface area (Å²) in [6, 6.07) is 9.63. The van der Waals surface area contributed by atoms with E-state index in [1.807, 2.05) is 29.6 Å². The van der Waals surface area contributed by atoms with Crippen LogP contribution in [0.3, 0.4) is 0 Å². The predicted octanol–water partition coefficient (Wildman–Crippen LogP) is 2.48. The van der Waals surface area contributed by atoms with E-state index in [2.05, 4.69) is 21.0 Å². The van der Waals surface area contributed by atoms with E-state index >= 15 is 0 Å². The highest BCUT2D eigenvalue weighted by Crippen LogP contribution is 2.30. The minimum atomic E-state index is 0.317. The van der Waals surface area contributed by atoms with Crippen LogP contribution in [-0.4, -0.2) is 19.5 Å². The number of nitrogen functional groups attached to an aromatic ring is 1. The molecule has 2 N–H and O–H groups in total. The fourth-order valence-corrected chi connectivity index (χ4v) is 2.95. The van der Waals surface area contributed by atoms with Crippen LogP contribution in [0.25, 0.3) is 27.3 Å². The summed E-state index contributed by atoms with van der Waals surface area (Å²) >= 11 is 1.43. The fourth-order valence-electron chi connectivity index (χ4n) is 2.29. The van der Waals surface area contributed by atoms with Gasteiger partial charge in [-0.05, 0) is 12.1 Å². The van der Waals surface area contributed by atoms with E-state index in [1.165, 1.54) is 11.3 Å². The number of hydrogen-bond acceptors (Lipinski definition) is 6. The van der Waals surface area contributed by atoms with E-state index in [4.69, 9.17) is 5.73 Å². The first-order chi connectivity index (χ1) is 10.3. The van der Waals surface area contributed by atoms with Crippen molar-refractivity contribution < 1.29 is 0 Å². The zero-order chi connectivity index (χ0) is 14.4. The van der Waals surface area contributed by atoms with Crippen LogP contribution in [0.4, 0.5) is 5.82 Å². The molecule has 1 aromatic carbocycles. The zero-order valence-electron chi connectivity index (χ0n) is 10.7. The molecule has 4 rings (SSSR count). The molecule has 21 heavy (non-hydrogen) atoms. The Morgan fingerprint density at radius 2 is 1.95 bits per heavy atom. The minimum absolute atomic E-state index is 0.317. The van der Waals surface area contributed by atoms with Gasteiger partial charge in [0.15, 0.2) is 10.8 Å². The number of aromatic nitrogens is 4. The Kier molecular flexibility index (Phi) is 2.40. The van der Waals surface area contributed by atoms with Gasteiger partial charge in [-0.1, -0.05) is 12.1 Å². The predicted molar refractivity (Wildman–Crippen MR) is 81.2 cm³/mol. The van der Waals surface area contributed by atoms with Crippen LogP contribution in [0.5, 0.6) is 0 Å². The Balaban J connectivity index is 2.21. The largest absolute Gasteiger partial charge is 0.384 e. The fraction of sp³-hybridized carbons (Fsp3) is 0. The summed E-state index contributed by atoms with van der Waals surface area (Å²) in [7, 11) is 0. The van der Waals surface area contributed by atoms with Gasteiger partial charge in [-0.15, -0.1) is 11.3 Å². The van der Waals surface area contributed by atoms with Gasteiger partial charge in [0.05, 0.1) is 11.0 Å².